The Morgan fingerprint density at radius 1 is 0.870 bits per heavy atom. The highest BCUT2D eigenvalue weighted by molar-refractivity contribution is 7.89. The lowest BCUT2D eigenvalue weighted by atomic mass is 9.67. The third-order valence-electron chi connectivity index (χ3n) is 9.95. The van der Waals surface area contributed by atoms with Crippen LogP contribution >= 0.6 is 11.6 Å². The lowest BCUT2D eigenvalue weighted by molar-refractivity contribution is -0.167. The number of likely N-dealkylation sites (tertiary alicyclic amines) is 1. The molecule has 2 aliphatic carbocycles. The Morgan fingerprint density at radius 3 is 2.11 bits per heavy atom. The van der Waals surface area contributed by atoms with Crippen molar-refractivity contribution in [3.8, 4) is 16.9 Å². The van der Waals surface area contributed by atoms with Crippen LogP contribution in [0.4, 0.5) is 8.78 Å². The van der Waals surface area contributed by atoms with Gasteiger partial charge in [0.1, 0.15) is 5.75 Å². The molecule has 3 aliphatic rings. The molecule has 4 aromatic carbocycles. The summed E-state index contributed by atoms with van der Waals surface area (Å²) in [4.78, 5) is 15.1. The van der Waals surface area contributed by atoms with Gasteiger partial charge in [-0.1, -0.05) is 60.1 Å². The van der Waals surface area contributed by atoms with Crippen molar-refractivity contribution in [1.82, 2.24) is 9.62 Å². The van der Waals surface area contributed by atoms with Crippen LogP contribution in [0.1, 0.15) is 56.9 Å². The number of nitrogens with zero attached hydrogens (tertiary/aromatic N) is 1. The van der Waals surface area contributed by atoms with Gasteiger partial charge < -0.3 is 9.64 Å². The summed E-state index contributed by atoms with van der Waals surface area (Å²) in [5.41, 5.74) is 0.566. The largest absolute Gasteiger partial charge is 0.490 e. The Balaban J connectivity index is 1.18. The van der Waals surface area contributed by atoms with Crippen molar-refractivity contribution in [2.45, 2.75) is 79.9 Å². The van der Waals surface area contributed by atoms with E-state index in [1.54, 1.807) is 42.5 Å². The van der Waals surface area contributed by atoms with E-state index in [1.807, 2.05) is 6.07 Å². The van der Waals surface area contributed by atoms with E-state index in [0.717, 1.165) is 62.3 Å². The van der Waals surface area contributed by atoms with Gasteiger partial charge in [-0.15, -0.1) is 0 Å². The van der Waals surface area contributed by atoms with Crippen molar-refractivity contribution >= 4 is 38.3 Å². The number of amides is 1. The van der Waals surface area contributed by atoms with Crippen molar-refractivity contribution in [1.29, 1.82) is 0 Å². The number of halogens is 3. The molecule has 1 saturated heterocycles. The van der Waals surface area contributed by atoms with Crippen molar-refractivity contribution in [3.63, 3.8) is 0 Å². The average molecular weight is 665 g/mol. The zero-order valence-electron chi connectivity index (χ0n) is 25.2. The molecular weight excluding hydrogens is 630 g/mol. The van der Waals surface area contributed by atoms with Crippen molar-refractivity contribution < 1.29 is 26.7 Å². The Morgan fingerprint density at radius 2 is 1.50 bits per heavy atom. The molecule has 1 N–H and O–H groups in total. The zero-order valence-corrected chi connectivity index (χ0v) is 26.8. The second kappa shape index (κ2) is 11.9. The summed E-state index contributed by atoms with van der Waals surface area (Å²) in [5.74, 6) is -4.04. The van der Waals surface area contributed by atoms with Crippen LogP contribution < -0.4 is 9.46 Å². The minimum absolute atomic E-state index is 0.177. The second-order valence-corrected chi connectivity index (χ2v) is 14.9. The van der Waals surface area contributed by atoms with Crippen molar-refractivity contribution in [2.24, 2.45) is 0 Å². The van der Waals surface area contributed by atoms with Crippen LogP contribution in [0.3, 0.4) is 0 Å². The highest BCUT2D eigenvalue weighted by Crippen LogP contribution is 2.48. The molecule has 1 aliphatic heterocycles. The van der Waals surface area contributed by atoms with Crippen molar-refractivity contribution in [2.75, 3.05) is 6.54 Å². The molecule has 1 heterocycles. The van der Waals surface area contributed by atoms with Crippen LogP contribution in [-0.2, 0) is 20.7 Å². The molecule has 1 amide bonds. The molecule has 10 heteroatoms. The maximum atomic E-state index is 16.5. The van der Waals surface area contributed by atoms with Crippen LogP contribution in [-0.4, -0.2) is 43.5 Å². The molecule has 0 aromatic heterocycles. The molecule has 46 heavy (non-hydrogen) atoms. The van der Waals surface area contributed by atoms with Gasteiger partial charge in [-0.05, 0) is 110 Å². The number of carbonyl (C=O) groups is 1. The fraction of sp³-hybridized carbons (Fsp3) is 0.361. The summed E-state index contributed by atoms with van der Waals surface area (Å²) in [6.07, 6.45) is 7.59. The highest BCUT2D eigenvalue weighted by Gasteiger charge is 2.57. The third-order valence-corrected chi connectivity index (χ3v) is 11.6. The molecule has 1 unspecified atom stereocenters. The molecule has 0 bridgehead atoms. The Labute approximate surface area is 272 Å². The number of rotatable bonds is 9. The lowest BCUT2D eigenvalue weighted by Crippen LogP contribution is -2.70. The predicted molar refractivity (Wildman–Crippen MR) is 175 cm³/mol. The Bertz CT molecular complexity index is 1870. The quantitative estimate of drug-likeness (QED) is 0.196. The van der Waals surface area contributed by atoms with E-state index in [2.05, 4.69) is 4.72 Å². The summed E-state index contributed by atoms with van der Waals surface area (Å²) in [6, 6.07) is 20.1. The van der Waals surface area contributed by atoms with E-state index >= 15 is 8.78 Å². The van der Waals surface area contributed by atoms with E-state index in [4.69, 9.17) is 16.3 Å². The molecule has 1 spiro atoms. The molecule has 6 nitrogen and oxygen atoms in total. The number of hydrogen-bond acceptors (Lipinski definition) is 4. The van der Waals surface area contributed by atoms with E-state index in [0.29, 0.717) is 28.3 Å². The van der Waals surface area contributed by atoms with Crippen molar-refractivity contribution in [3.05, 3.63) is 95.5 Å². The van der Waals surface area contributed by atoms with E-state index in [1.165, 1.54) is 41.3 Å². The molecule has 240 valence electrons. The van der Waals surface area contributed by atoms with Gasteiger partial charge in [-0.2, -0.15) is 13.5 Å². The van der Waals surface area contributed by atoms with E-state index < -0.39 is 39.0 Å². The summed E-state index contributed by atoms with van der Waals surface area (Å²) >= 11 is 5.99. The van der Waals surface area contributed by atoms with Crippen LogP contribution in [0, 0.1) is 0 Å². The maximum absolute atomic E-state index is 16.5. The first kappa shape index (κ1) is 31.1. The van der Waals surface area contributed by atoms with Gasteiger partial charge >= 0.3 is 0 Å². The number of hydrogen-bond donors (Lipinski definition) is 1. The van der Waals surface area contributed by atoms with Gasteiger partial charge in [-0.25, -0.2) is 8.42 Å². The van der Waals surface area contributed by atoms with E-state index in [9.17, 15) is 13.2 Å². The monoisotopic (exact) mass is 664 g/mol. The topological polar surface area (TPSA) is 75.7 Å². The number of benzene rings is 4. The zero-order chi connectivity index (χ0) is 32.1. The van der Waals surface area contributed by atoms with Gasteiger partial charge in [-0.3, -0.25) is 4.79 Å². The smallest absolute Gasteiger partial charge is 0.298 e. The Hall–Kier alpha value is -3.53. The van der Waals surface area contributed by atoms with Crippen LogP contribution in [0.5, 0.6) is 5.75 Å². The van der Waals surface area contributed by atoms with Crippen LogP contribution in [0.15, 0.2) is 89.8 Å². The summed E-state index contributed by atoms with van der Waals surface area (Å²) in [7, 11) is -4.54. The van der Waals surface area contributed by atoms with Gasteiger partial charge in [0.15, 0.2) is 6.04 Å². The lowest BCUT2D eigenvalue weighted by Gasteiger charge is -2.59. The number of ether oxygens (including phenoxy) is 1. The molecule has 4 aromatic rings. The molecule has 2 saturated carbocycles. The number of sulfonamides is 1. The minimum Gasteiger partial charge on any atom is -0.490 e. The first-order valence-corrected chi connectivity index (χ1v) is 17.7. The molecular formula is C36H35ClF2N2O4S. The highest BCUT2D eigenvalue weighted by atomic mass is 35.5. The summed E-state index contributed by atoms with van der Waals surface area (Å²) < 4.78 is 68.7. The van der Waals surface area contributed by atoms with E-state index in [-0.39, 0.29) is 11.0 Å². The van der Waals surface area contributed by atoms with Gasteiger partial charge in [0.25, 0.3) is 5.92 Å². The first-order valence-electron chi connectivity index (χ1n) is 15.8. The maximum Gasteiger partial charge on any atom is 0.298 e. The Kier molecular flexibility index (Phi) is 8.06. The predicted octanol–water partition coefficient (Wildman–Crippen LogP) is 8.08. The standard InChI is InChI=1S/C36H35ClF2N2O4S/c37-29-14-8-25(9-15-29)24-6-12-28(13-7-24)36(38,39)33(34(42)41-21-20-35(41)18-3-19-35)40-46(43,44)32-17-11-26-22-31(16-10-27(26)23-32)45-30-4-1-2-5-30/h6-17,22-23,30,33,40H,1-5,18-21H2. The number of fused-ring (bicyclic) bond motifs is 1. The third kappa shape index (κ3) is 5.78. The minimum atomic E-state index is -4.54. The van der Waals surface area contributed by atoms with Crippen LogP contribution in [0.2, 0.25) is 5.02 Å². The number of carbonyl (C=O) groups excluding carboxylic acids is 1. The first-order chi connectivity index (χ1) is 22.0. The summed E-state index contributed by atoms with van der Waals surface area (Å²) in [6.45, 7) is 0.323. The second-order valence-electron chi connectivity index (χ2n) is 12.8. The number of nitrogens with one attached hydrogen (secondary N) is 1. The SMILES string of the molecule is O=C(C(NS(=O)(=O)c1ccc2cc(OC3CCCC3)ccc2c1)C(F)(F)c1ccc(-c2ccc(Cl)cc2)cc1)N1CCC12CCC2. The van der Waals surface area contributed by atoms with Gasteiger partial charge in [0, 0.05) is 22.7 Å². The molecule has 7 rings (SSSR count). The van der Waals surface area contributed by atoms with Gasteiger partial charge in [0.2, 0.25) is 15.9 Å². The fourth-order valence-corrected chi connectivity index (χ4v) is 8.33. The molecule has 1 atom stereocenters. The fourth-order valence-electron chi connectivity index (χ4n) is 6.98. The number of alkyl halides is 2. The summed E-state index contributed by atoms with van der Waals surface area (Å²) in [5, 5.41) is 1.94. The average Bonchev–Trinajstić information content (AvgIpc) is 3.52. The molecule has 0 radical (unpaired) electrons. The van der Waals surface area contributed by atoms with Crippen LogP contribution in [0.25, 0.3) is 21.9 Å². The normalized spacial score (nSPS) is 18.7. The van der Waals surface area contributed by atoms with Gasteiger partial charge in [0.05, 0.1) is 11.0 Å². The molecule has 3 fully saturated rings.